The van der Waals surface area contributed by atoms with Crippen LogP contribution in [0.5, 0.6) is 0 Å². The highest BCUT2D eigenvalue weighted by Gasteiger charge is 2.27. The number of nitrogens with zero attached hydrogens (tertiary/aromatic N) is 1. The van der Waals surface area contributed by atoms with Crippen molar-refractivity contribution >= 4 is 17.7 Å². The van der Waals surface area contributed by atoms with Crippen molar-refractivity contribution in [3.8, 4) is 0 Å². The van der Waals surface area contributed by atoms with Gasteiger partial charge in [-0.25, -0.2) is 4.79 Å². The molecule has 0 N–H and O–H groups in total. The highest BCUT2D eigenvalue weighted by molar-refractivity contribution is 6.42. The molecule has 0 bridgehead atoms. The lowest BCUT2D eigenvalue weighted by atomic mass is 10.1. The molecule has 1 rings (SSSR count). The summed E-state index contributed by atoms with van der Waals surface area (Å²) >= 11 is 0. The molecule has 1 amide bonds. The predicted octanol–water partition coefficient (Wildman–Crippen LogP) is 2.30. The first kappa shape index (κ1) is 16.9. The highest BCUT2D eigenvalue weighted by Crippen LogP contribution is 2.12. The van der Waals surface area contributed by atoms with Gasteiger partial charge < -0.3 is 9.64 Å². The first-order chi connectivity index (χ1) is 9.79. The Hall–Kier alpha value is -2.17. The lowest BCUT2D eigenvalue weighted by Crippen LogP contribution is -2.45. The van der Waals surface area contributed by atoms with Crippen LogP contribution in [-0.4, -0.2) is 41.8 Å². The fraction of sp³-hybridized carbons (Fsp3) is 0.438. The molecule has 21 heavy (non-hydrogen) atoms. The van der Waals surface area contributed by atoms with Gasteiger partial charge in [0.05, 0.1) is 12.7 Å². The van der Waals surface area contributed by atoms with E-state index in [2.05, 4.69) is 4.74 Å². The van der Waals surface area contributed by atoms with Gasteiger partial charge in [0.2, 0.25) is 5.78 Å². The smallest absolute Gasteiger partial charge is 0.337 e. The second kappa shape index (κ2) is 7.02. The number of carbonyl (C=O) groups excluding carboxylic acids is 3. The van der Waals surface area contributed by atoms with Gasteiger partial charge in [0.15, 0.2) is 0 Å². The predicted molar refractivity (Wildman–Crippen MR) is 79.2 cm³/mol. The summed E-state index contributed by atoms with van der Waals surface area (Å²) in [6.07, 6.45) is 0. The summed E-state index contributed by atoms with van der Waals surface area (Å²) in [4.78, 5) is 37.7. The topological polar surface area (TPSA) is 63.7 Å². The SMILES string of the molecule is COC(=O)c1cccc(C(=O)C(=O)N(C(C)C)C(C)C)c1. The van der Waals surface area contributed by atoms with E-state index >= 15 is 0 Å². The molecule has 1 aromatic carbocycles. The largest absolute Gasteiger partial charge is 0.465 e. The van der Waals surface area contributed by atoms with Crippen LogP contribution in [-0.2, 0) is 9.53 Å². The van der Waals surface area contributed by atoms with Gasteiger partial charge in [0.1, 0.15) is 0 Å². The van der Waals surface area contributed by atoms with Gasteiger partial charge in [0.25, 0.3) is 5.91 Å². The Morgan fingerprint density at radius 2 is 1.52 bits per heavy atom. The Bertz CT molecular complexity index is 541. The summed E-state index contributed by atoms with van der Waals surface area (Å²) in [5.41, 5.74) is 0.436. The van der Waals surface area contributed by atoms with Crippen molar-refractivity contribution in [1.29, 1.82) is 0 Å². The summed E-state index contributed by atoms with van der Waals surface area (Å²) in [5, 5.41) is 0. The van der Waals surface area contributed by atoms with Crippen molar-refractivity contribution in [2.75, 3.05) is 7.11 Å². The van der Waals surface area contributed by atoms with Crippen molar-refractivity contribution < 1.29 is 19.1 Å². The molecule has 0 fully saturated rings. The lowest BCUT2D eigenvalue weighted by Gasteiger charge is -2.30. The molecule has 1 aromatic rings. The zero-order chi connectivity index (χ0) is 16.2. The number of ether oxygens (including phenoxy) is 1. The van der Waals surface area contributed by atoms with Crippen LogP contribution in [0.15, 0.2) is 24.3 Å². The third-order valence-electron chi connectivity index (χ3n) is 3.09. The molecule has 0 radical (unpaired) electrons. The number of methoxy groups -OCH3 is 1. The molecular weight excluding hydrogens is 270 g/mol. The molecule has 0 aliphatic rings. The first-order valence-electron chi connectivity index (χ1n) is 6.85. The molecule has 0 atom stereocenters. The van der Waals surface area contributed by atoms with Crippen molar-refractivity contribution in [2.45, 2.75) is 39.8 Å². The summed E-state index contributed by atoms with van der Waals surface area (Å²) in [6.45, 7) is 7.43. The number of benzene rings is 1. The van der Waals surface area contributed by atoms with Gasteiger partial charge in [-0.1, -0.05) is 12.1 Å². The average Bonchev–Trinajstić information content (AvgIpc) is 2.44. The van der Waals surface area contributed by atoms with Crippen LogP contribution in [0.4, 0.5) is 0 Å². The van der Waals surface area contributed by atoms with E-state index in [9.17, 15) is 14.4 Å². The van der Waals surface area contributed by atoms with Crippen LogP contribution in [0.3, 0.4) is 0 Å². The first-order valence-corrected chi connectivity index (χ1v) is 6.85. The van der Waals surface area contributed by atoms with Crippen molar-refractivity contribution in [3.63, 3.8) is 0 Å². The van der Waals surface area contributed by atoms with Crippen molar-refractivity contribution in [3.05, 3.63) is 35.4 Å². The number of Topliss-reactive ketones (excluding diaryl/α,β-unsaturated/α-hetero) is 1. The van der Waals surface area contributed by atoms with Gasteiger partial charge in [0, 0.05) is 17.6 Å². The average molecular weight is 291 g/mol. The molecule has 0 spiro atoms. The van der Waals surface area contributed by atoms with E-state index in [1.165, 1.54) is 30.2 Å². The van der Waals surface area contributed by atoms with E-state index in [1.807, 2.05) is 27.7 Å². The molecule has 0 saturated carbocycles. The second-order valence-electron chi connectivity index (χ2n) is 5.30. The van der Waals surface area contributed by atoms with Gasteiger partial charge >= 0.3 is 5.97 Å². The Kier molecular flexibility index (Phi) is 5.64. The van der Waals surface area contributed by atoms with Crippen LogP contribution < -0.4 is 0 Å². The minimum atomic E-state index is -0.622. The number of carbonyl (C=O) groups is 3. The van der Waals surface area contributed by atoms with Crippen molar-refractivity contribution in [2.24, 2.45) is 0 Å². The van der Waals surface area contributed by atoms with E-state index in [0.29, 0.717) is 0 Å². The minimum absolute atomic E-state index is 0.0785. The third-order valence-corrected chi connectivity index (χ3v) is 3.09. The third kappa shape index (κ3) is 3.90. The zero-order valence-corrected chi connectivity index (χ0v) is 13.0. The van der Waals surface area contributed by atoms with Crippen LogP contribution in [0.1, 0.15) is 48.4 Å². The monoisotopic (exact) mass is 291 g/mol. The fourth-order valence-electron chi connectivity index (χ4n) is 2.21. The van der Waals surface area contributed by atoms with E-state index in [1.54, 1.807) is 6.07 Å². The number of rotatable bonds is 5. The van der Waals surface area contributed by atoms with Crippen LogP contribution >= 0.6 is 0 Å². The van der Waals surface area contributed by atoms with E-state index in [0.717, 1.165) is 0 Å². The second-order valence-corrected chi connectivity index (χ2v) is 5.30. The van der Waals surface area contributed by atoms with Gasteiger partial charge in [-0.15, -0.1) is 0 Å². The Balaban J connectivity index is 3.08. The molecule has 0 unspecified atom stereocenters. The quantitative estimate of drug-likeness (QED) is 0.474. The summed E-state index contributed by atoms with van der Waals surface area (Å²) < 4.78 is 4.61. The minimum Gasteiger partial charge on any atom is -0.465 e. The van der Waals surface area contributed by atoms with E-state index < -0.39 is 17.7 Å². The number of hydrogen-bond acceptors (Lipinski definition) is 4. The molecule has 0 aromatic heterocycles. The summed E-state index contributed by atoms with van der Waals surface area (Å²) in [6, 6.07) is 5.84. The molecule has 5 nitrogen and oxygen atoms in total. The molecule has 5 heteroatoms. The van der Waals surface area contributed by atoms with Gasteiger partial charge in [-0.05, 0) is 39.8 Å². The number of hydrogen-bond donors (Lipinski definition) is 0. The van der Waals surface area contributed by atoms with Crippen LogP contribution in [0, 0.1) is 0 Å². The number of ketones is 1. The Labute approximate surface area is 124 Å². The molecule has 0 heterocycles. The van der Waals surface area contributed by atoms with Gasteiger partial charge in [-0.3, -0.25) is 9.59 Å². The molecule has 0 saturated heterocycles. The van der Waals surface area contributed by atoms with Crippen molar-refractivity contribution in [1.82, 2.24) is 4.90 Å². The Morgan fingerprint density at radius 3 is 2.00 bits per heavy atom. The number of esters is 1. The molecule has 0 aliphatic carbocycles. The van der Waals surface area contributed by atoms with Crippen LogP contribution in [0.2, 0.25) is 0 Å². The molecular formula is C16H21NO4. The lowest BCUT2D eigenvalue weighted by molar-refractivity contribution is -0.129. The normalized spacial score (nSPS) is 10.6. The van der Waals surface area contributed by atoms with Gasteiger partial charge in [-0.2, -0.15) is 0 Å². The maximum absolute atomic E-state index is 12.3. The molecule has 114 valence electrons. The Morgan fingerprint density at radius 1 is 1.00 bits per heavy atom. The highest BCUT2D eigenvalue weighted by atomic mass is 16.5. The van der Waals surface area contributed by atoms with E-state index in [4.69, 9.17) is 0 Å². The maximum atomic E-state index is 12.3. The van der Waals surface area contributed by atoms with Crippen LogP contribution in [0.25, 0.3) is 0 Å². The standard InChI is InChI=1S/C16H21NO4/c1-10(2)17(11(3)4)15(19)14(18)12-7-6-8-13(9-12)16(20)21-5/h6-11H,1-5H3. The fourth-order valence-corrected chi connectivity index (χ4v) is 2.21. The maximum Gasteiger partial charge on any atom is 0.337 e. The zero-order valence-electron chi connectivity index (χ0n) is 13.0. The molecule has 0 aliphatic heterocycles. The summed E-state index contributed by atoms with van der Waals surface area (Å²) in [7, 11) is 1.27. The van der Waals surface area contributed by atoms with E-state index in [-0.39, 0.29) is 23.2 Å². The number of amides is 1. The summed E-state index contributed by atoms with van der Waals surface area (Å²) in [5.74, 6) is -1.73.